The number of likely N-dealkylation sites (N-methyl/N-ethyl adjacent to an activating group) is 2. The molecule has 0 saturated carbocycles. The van der Waals surface area contributed by atoms with Gasteiger partial charge in [0.15, 0.2) is 0 Å². The molecule has 1 saturated heterocycles. The second kappa shape index (κ2) is 16.2. The van der Waals surface area contributed by atoms with Gasteiger partial charge in [-0.15, -0.1) is 0 Å². The molecule has 0 spiro atoms. The van der Waals surface area contributed by atoms with Gasteiger partial charge in [-0.25, -0.2) is 0 Å². The van der Waals surface area contributed by atoms with Crippen LogP contribution in [0.25, 0.3) is 10.9 Å². The third-order valence-corrected chi connectivity index (χ3v) is 8.71. The lowest BCUT2D eigenvalue weighted by atomic mass is 9.91. The molecule has 242 valence electrons. The van der Waals surface area contributed by atoms with Crippen molar-refractivity contribution >= 4 is 34.5 Å². The second-order valence-corrected chi connectivity index (χ2v) is 12.6. The number of hydrogen-bond acceptors (Lipinski definition) is 5. The van der Waals surface area contributed by atoms with Crippen LogP contribution in [0.4, 0.5) is 0 Å². The summed E-state index contributed by atoms with van der Waals surface area (Å²) in [5.41, 5.74) is 2.47. The Morgan fingerprint density at radius 1 is 0.956 bits per heavy atom. The van der Waals surface area contributed by atoms with Gasteiger partial charge >= 0.3 is 0 Å². The number of carbonyl (C=O) groups excluding carboxylic acids is 4. The van der Waals surface area contributed by atoms with Crippen molar-refractivity contribution in [2.24, 2.45) is 11.8 Å². The molecule has 10 heteroatoms. The van der Waals surface area contributed by atoms with Gasteiger partial charge in [-0.05, 0) is 48.9 Å². The van der Waals surface area contributed by atoms with Crippen LogP contribution in [-0.4, -0.2) is 82.7 Å². The highest BCUT2D eigenvalue weighted by molar-refractivity contribution is 5.94. The fraction of sp³-hybridized carbons (Fsp3) is 0.514. The lowest BCUT2D eigenvalue weighted by Crippen LogP contribution is -2.56. The van der Waals surface area contributed by atoms with Crippen molar-refractivity contribution in [1.29, 1.82) is 0 Å². The van der Waals surface area contributed by atoms with Crippen LogP contribution in [0.3, 0.4) is 0 Å². The van der Waals surface area contributed by atoms with Crippen LogP contribution in [0.5, 0.6) is 0 Å². The molecule has 3 heterocycles. The summed E-state index contributed by atoms with van der Waals surface area (Å²) in [5.74, 6) is -1.42. The number of amides is 4. The van der Waals surface area contributed by atoms with Gasteiger partial charge < -0.3 is 25.4 Å². The summed E-state index contributed by atoms with van der Waals surface area (Å²) in [5, 5.41) is 6.52. The first-order chi connectivity index (χ1) is 21.7. The maximum Gasteiger partial charge on any atom is 0.243 e. The molecule has 0 unspecified atom stereocenters. The first-order valence-electron chi connectivity index (χ1n) is 16.2. The first-order valence-corrected chi connectivity index (χ1v) is 16.2. The minimum absolute atomic E-state index is 0.00280. The average Bonchev–Trinajstić information content (AvgIpc) is 3.24. The van der Waals surface area contributed by atoms with Gasteiger partial charge in [-0.1, -0.05) is 51.0 Å². The van der Waals surface area contributed by atoms with Crippen molar-refractivity contribution in [3.63, 3.8) is 0 Å². The van der Waals surface area contributed by atoms with E-state index < -0.39 is 23.9 Å². The molecule has 0 bridgehead atoms. The minimum Gasteiger partial charge on any atom is -0.361 e. The van der Waals surface area contributed by atoms with Crippen LogP contribution < -0.4 is 10.6 Å². The standard InChI is InChI=1S/C35H48N6O4/c1-24(2)19-25(21-32(42)41-17-11-5-6-12-18-41)35(45)40(4)31(20-26-23-38-29-15-8-7-14-28(26)29)34(44)39-30(33(43)36-3)22-27-13-9-10-16-37-27/h7-10,13-16,23-25,30-31,38H,5-6,11-12,17-22H2,1-4H3,(H,36,43)(H,39,44)/t25-,30+,31-/m1/s1. The molecule has 3 N–H and O–H groups in total. The number of fused-ring (bicyclic) bond motifs is 1. The molecule has 1 fully saturated rings. The zero-order valence-corrected chi connectivity index (χ0v) is 27.1. The van der Waals surface area contributed by atoms with Gasteiger partial charge in [0, 0.05) is 81.4 Å². The Balaban J connectivity index is 1.61. The average molecular weight is 617 g/mol. The van der Waals surface area contributed by atoms with Gasteiger partial charge in [-0.3, -0.25) is 24.2 Å². The number of rotatable bonds is 13. The molecule has 4 rings (SSSR count). The number of nitrogens with one attached hydrogen (secondary N) is 3. The number of carbonyl (C=O) groups is 4. The van der Waals surface area contributed by atoms with Gasteiger partial charge in [0.1, 0.15) is 12.1 Å². The van der Waals surface area contributed by atoms with E-state index in [1.165, 1.54) is 11.9 Å². The van der Waals surface area contributed by atoms with Crippen molar-refractivity contribution < 1.29 is 19.2 Å². The van der Waals surface area contributed by atoms with E-state index in [0.29, 0.717) is 12.1 Å². The quantitative estimate of drug-likeness (QED) is 0.269. The van der Waals surface area contributed by atoms with Crippen molar-refractivity contribution in [2.75, 3.05) is 27.2 Å². The fourth-order valence-electron chi connectivity index (χ4n) is 6.24. The van der Waals surface area contributed by atoms with E-state index >= 15 is 0 Å². The van der Waals surface area contributed by atoms with Crippen molar-refractivity contribution in [3.8, 4) is 0 Å². The second-order valence-electron chi connectivity index (χ2n) is 12.6. The first kappa shape index (κ1) is 33.7. The maximum absolute atomic E-state index is 14.2. The lowest BCUT2D eigenvalue weighted by molar-refractivity contribution is -0.146. The number of H-pyrrole nitrogens is 1. The van der Waals surface area contributed by atoms with E-state index in [-0.39, 0.29) is 42.9 Å². The molecule has 0 radical (unpaired) electrons. The summed E-state index contributed by atoms with van der Waals surface area (Å²) in [6.45, 7) is 5.52. The predicted molar refractivity (Wildman–Crippen MR) is 175 cm³/mol. The number of hydrogen-bond donors (Lipinski definition) is 3. The lowest BCUT2D eigenvalue weighted by Gasteiger charge is -2.33. The molecule has 1 aromatic carbocycles. The smallest absolute Gasteiger partial charge is 0.243 e. The molecule has 1 aliphatic rings. The van der Waals surface area contributed by atoms with Gasteiger partial charge in [0.25, 0.3) is 0 Å². The molecule has 45 heavy (non-hydrogen) atoms. The Labute approximate surface area is 266 Å². The summed E-state index contributed by atoms with van der Waals surface area (Å²) < 4.78 is 0. The number of likely N-dealkylation sites (tertiary alicyclic amines) is 1. The molecule has 10 nitrogen and oxygen atoms in total. The number of para-hydroxylation sites is 1. The Morgan fingerprint density at radius 2 is 1.67 bits per heavy atom. The Hall–Kier alpha value is -4.21. The molecule has 3 atom stereocenters. The minimum atomic E-state index is -0.921. The van der Waals surface area contributed by atoms with Crippen molar-refractivity contribution in [2.45, 2.75) is 77.3 Å². The van der Waals surface area contributed by atoms with Crippen LogP contribution in [0.15, 0.2) is 54.9 Å². The summed E-state index contributed by atoms with van der Waals surface area (Å²) in [4.78, 5) is 65.7. The topological polar surface area (TPSA) is 127 Å². The largest absolute Gasteiger partial charge is 0.361 e. The highest BCUT2D eigenvalue weighted by atomic mass is 16.2. The van der Waals surface area contributed by atoms with Crippen LogP contribution in [0.1, 0.15) is 63.6 Å². The monoisotopic (exact) mass is 616 g/mol. The molecule has 1 aliphatic heterocycles. The molecule has 0 aliphatic carbocycles. The molecule has 2 aromatic heterocycles. The predicted octanol–water partition coefficient (Wildman–Crippen LogP) is 3.86. The van der Waals surface area contributed by atoms with E-state index in [9.17, 15) is 19.2 Å². The molecular formula is C35H48N6O4. The maximum atomic E-state index is 14.2. The normalized spacial score (nSPS) is 15.6. The molecule has 4 amide bonds. The van der Waals surface area contributed by atoms with E-state index in [0.717, 1.165) is 55.2 Å². The molecular weight excluding hydrogens is 568 g/mol. The van der Waals surface area contributed by atoms with Crippen LogP contribution in [0.2, 0.25) is 0 Å². The van der Waals surface area contributed by atoms with Gasteiger partial charge in [0.05, 0.1) is 0 Å². The van der Waals surface area contributed by atoms with E-state index in [2.05, 4.69) is 20.6 Å². The summed E-state index contributed by atoms with van der Waals surface area (Å²) >= 11 is 0. The molecule has 3 aromatic rings. The highest BCUT2D eigenvalue weighted by Crippen LogP contribution is 2.25. The Kier molecular flexibility index (Phi) is 12.1. The zero-order valence-electron chi connectivity index (χ0n) is 27.1. The third-order valence-electron chi connectivity index (χ3n) is 8.71. The fourth-order valence-corrected chi connectivity index (χ4v) is 6.24. The number of benzene rings is 1. The van der Waals surface area contributed by atoms with Crippen molar-refractivity contribution in [1.82, 2.24) is 30.4 Å². The SMILES string of the molecule is CNC(=O)[C@H](Cc1ccccn1)NC(=O)[C@@H](Cc1c[nH]c2ccccc12)N(C)C(=O)[C@@H](CC(=O)N1CCCCCC1)CC(C)C. The summed E-state index contributed by atoms with van der Waals surface area (Å²) in [6.07, 6.45) is 8.77. The van der Waals surface area contributed by atoms with Crippen LogP contribution in [0, 0.1) is 11.8 Å². The number of aromatic nitrogens is 2. The Morgan fingerprint density at radius 3 is 2.33 bits per heavy atom. The van der Waals surface area contributed by atoms with Crippen molar-refractivity contribution in [3.05, 3.63) is 66.1 Å². The number of aromatic amines is 1. The van der Waals surface area contributed by atoms with E-state index in [1.54, 1.807) is 25.4 Å². The van der Waals surface area contributed by atoms with E-state index in [1.807, 2.05) is 55.3 Å². The Bertz CT molecular complexity index is 1430. The van der Waals surface area contributed by atoms with Crippen LogP contribution in [-0.2, 0) is 32.0 Å². The van der Waals surface area contributed by atoms with Gasteiger partial charge in [0.2, 0.25) is 23.6 Å². The third kappa shape index (κ3) is 9.15. The number of nitrogens with zero attached hydrogens (tertiary/aromatic N) is 3. The van der Waals surface area contributed by atoms with Gasteiger partial charge in [-0.2, -0.15) is 0 Å². The highest BCUT2D eigenvalue weighted by Gasteiger charge is 2.35. The zero-order chi connectivity index (χ0) is 32.3. The number of pyridine rings is 1. The van der Waals surface area contributed by atoms with E-state index in [4.69, 9.17) is 0 Å². The van der Waals surface area contributed by atoms with Crippen LogP contribution >= 0.6 is 0 Å². The summed E-state index contributed by atoms with van der Waals surface area (Å²) in [7, 11) is 3.16. The summed E-state index contributed by atoms with van der Waals surface area (Å²) in [6, 6.07) is 11.4.